The molecule has 0 bridgehead atoms. The molecule has 0 aliphatic carbocycles. The van der Waals surface area contributed by atoms with Gasteiger partial charge >= 0.3 is 0 Å². The van der Waals surface area contributed by atoms with Crippen LogP contribution in [0.3, 0.4) is 0 Å². The lowest BCUT2D eigenvalue weighted by Gasteiger charge is -2.16. The first-order valence-corrected chi connectivity index (χ1v) is 6.23. The van der Waals surface area contributed by atoms with Crippen molar-refractivity contribution in [2.45, 2.75) is 39.2 Å². The fourth-order valence-electron chi connectivity index (χ4n) is 1.60. The molecule has 0 radical (unpaired) electrons. The summed E-state index contributed by atoms with van der Waals surface area (Å²) in [4.78, 5) is 0. The smallest absolute Gasteiger partial charge is 0.120 e. The third-order valence-corrected chi connectivity index (χ3v) is 2.43. The van der Waals surface area contributed by atoms with Crippen molar-refractivity contribution in [3.63, 3.8) is 0 Å². The summed E-state index contributed by atoms with van der Waals surface area (Å²) in [6.45, 7) is 6.94. The highest BCUT2D eigenvalue weighted by Crippen LogP contribution is 2.17. The molecule has 1 heterocycles. The molecule has 0 aliphatic heterocycles. The van der Waals surface area contributed by atoms with Gasteiger partial charge in [0.2, 0.25) is 0 Å². The summed E-state index contributed by atoms with van der Waals surface area (Å²) in [5.74, 6) is 1.01. The molecule has 0 aromatic carbocycles. The van der Waals surface area contributed by atoms with E-state index >= 15 is 0 Å². The monoisotopic (exact) mass is 225 g/mol. The van der Waals surface area contributed by atoms with Crippen molar-refractivity contribution in [1.82, 2.24) is 5.32 Å². The third-order valence-electron chi connectivity index (χ3n) is 2.43. The second-order valence-corrected chi connectivity index (χ2v) is 3.92. The summed E-state index contributed by atoms with van der Waals surface area (Å²) in [5, 5.41) is 3.47. The molecule has 1 aromatic rings. The molecule has 0 amide bonds. The van der Waals surface area contributed by atoms with Gasteiger partial charge < -0.3 is 14.5 Å². The fourth-order valence-corrected chi connectivity index (χ4v) is 1.60. The summed E-state index contributed by atoms with van der Waals surface area (Å²) < 4.78 is 10.9. The maximum Gasteiger partial charge on any atom is 0.120 e. The van der Waals surface area contributed by atoms with Crippen LogP contribution in [0.25, 0.3) is 0 Å². The number of hydrogen-bond donors (Lipinski definition) is 1. The first kappa shape index (κ1) is 13.3. The number of rotatable bonds is 9. The van der Waals surface area contributed by atoms with Gasteiger partial charge in [-0.1, -0.05) is 13.8 Å². The zero-order chi connectivity index (χ0) is 11.6. The van der Waals surface area contributed by atoms with Gasteiger partial charge in [0.25, 0.3) is 0 Å². The van der Waals surface area contributed by atoms with Gasteiger partial charge in [-0.2, -0.15) is 0 Å². The number of ether oxygens (including phenoxy) is 1. The van der Waals surface area contributed by atoms with Crippen molar-refractivity contribution in [3.05, 3.63) is 24.2 Å². The molecule has 0 aliphatic rings. The van der Waals surface area contributed by atoms with Gasteiger partial charge in [-0.05, 0) is 37.9 Å². The van der Waals surface area contributed by atoms with Gasteiger partial charge in [0.05, 0.1) is 12.3 Å². The lowest BCUT2D eigenvalue weighted by Crippen LogP contribution is -2.23. The zero-order valence-corrected chi connectivity index (χ0v) is 10.4. The minimum atomic E-state index is 0.284. The van der Waals surface area contributed by atoms with Crippen LogP contribution in [-0.2, 0) is 4.74 Å². The largest absolute Gasteiger partial charge is 0.468 e. The molecule has 3 heteroatoms. The van der Waals surface area contributed by atoms with Gasteiger partial charge in [0.15, 0.2) is 0 Å². The second kappa shape index (κ2) is 8.36. The zero-order valence-electron chi connectivity index (χ0n) is 10.4. The molecule has 1 atom stereocenters. The van der Waals surface area contributed by atoms with Gasteiger partial charge in [-0.3, -0.25) is 0 Å². The van der Waals surface area contributed by atoms with Crippen LogP contribution >= 0.6 is 0 Å². The molecule has 1 unspecified atom stereocenters. The number of hydrogen-bond acceptors (Lipinski definition) is 3. The van der Waals surface area contributed by atoms with Crippen LogP contribution in [0.2, 0.25) is 0 Å². The van der Waals surface area contributed by atoms with E-state index in [1.54, 1.807) is 6.26 Å². The number of furan rings is 1. The highest BCUT2D eigenvalue weighted by molar-refractivity contribution is 5.04. The maximum atomic E-state index is 5.51. The Morgan fingerprint density at radius 2 is 2.19 bits per heavy atom. The van der Waals surface area contributed by atoms with Gasteiger partial charge in [0, 0.05) is 13.2 Å². The van der Waals surface area contributed by atoms with E-state index < -0.39 is 0 Å². The van der Waals surface area contributed by atoms with Crippen molar-refractivity contribution in [2.75, 3.05) is 19.8 Å². The van der Waals surface area contributed by atoms with Crippen LogP contribution in [0.1, 0.15) is 44.9 Å². The Morgan fingerprint density at radius 1 is 1.31 bits per heavy atom. The van der Waals surface area contributed by atoms with Crippen LogP contribution in [0.5, 0.6) is 0 Å². The van der Waals surface area contributed by atoms with E-state index in [9.17, 15) is 0 Å². The highest BCUT2D eigenvalue weighted by Gasteiger charge is 2.12. The van der Waals surface area contributed by atoms with Gasteiger partial charge in [0.1, 0.15) is 5.76 Å². The average molecular weight is 225 g/mol. The molecule has 0 saturated carbocycles. The Labute approximate surface area is 98.2 Å². The van der Waals surface area contributed by atoms with Crippen LogP contribution in [-0.4, -0.2) is 19.8 Å². The Bertz CT molecular complexity index is 246. The molecular formula is C13H23NO2. The molecule has 0 spiro atoms. The predicted molar refractivity (Wildman–Crippen MR) is 65.5 cm³/mol. The summed E-state index contributed by atoms with van der Waals surface area (Å²) >= 11 is 0. The first-order valence-electron chi connectivity index (χ1n) is 6.23. The van der Waals surface area contributed by atoms with E-state index in [0.717, 1.165) is 44.8 Å². The Balaban J connectivity index is 2.32. The molecule has 1 aromatic heterocycles. The van der Waals surface area contributed by atoms with E-state index in [1.807, 2.05) is 12.1 Å². The lowest BCUT2D eigenvalue weighted by molar-refractivity contribution is 0.122. The highest BCUT2D eigenvalue weighted by atomic mass is 16.5. The Hall–Kier alpha value is -0.800. The van der Waals surface area contributed by atoms with E-state index in [0.29, 0.717) is 0 Å². The minimum absolute atomic E-state index is 0.284. The standard InChI is InChI=1S/C13H23NO2/c1-3-8-14-12(7-11-15-9-4-2)13-6-5-10-16-13/h5-6,10,12,14H,3-4,7-9,11H2,1-2H3. The summed E-state index contributed by atoms with van der Waals surface area (Å²) in [6, 6.07) is 4.24. The van der Waals surface area contributed by atoms with Crippen molar-refractivity contribution < 1.29 is 9.15 Å². The molecule has 3 nitrogen and oxygen atoms in total. The lowest BCUT2D eigenvalue weighted by atomic mass is 10.1. The Kier molecular flexibility index (Phi) is 6.93. The van der Waals surface area contributed by atoms with Crippen molar-refractivity contribution in [2.24, 2.45) is 0 Å². The SMILES string of the molecule is CCCNC(CCOCCC)c1ccco1. The van der Waals surface area contributed by atoms with Crippen molar-refractivity contribution in [1.29, 1.82) is 0 Å². The maximum absolute atomic E-state index is 5.51. The molecule has 0 saturated heterocycles. The summed E-state index contributed by atoms with van der Waals surface area (Å²) in [7, 11) is 0. The molecule has 16 heavy (non-hydrogen) atoms. The van der Waals surface area contributed by atoms with E-state index in [2.05, 4.69) is 19.2 Å². The van der Waals surface area contributed by atoms with Crippen molar-refractivity contribution in [3.8, 4) is 0 Å². The third kappa shape index (κ3) is 4.81. The van der Waals surface area contributed by atoms with Crippen molar-refractivity contribution >= 4 is 0 Å². The molecule has 92 valence electrons. The fraction of sp³-hybridized carbons (Fsp3) is 0.692. The molecule has 1 rings (SSSR count). The summed E-state index contributed by atoms with van der Waals surface area (Å²) in [5.41, 5.74) is 0. The van der Waals surface area contributed by atoms with E-state index in [1.165, 1.54) is 0 Å². The predicted octanol–water partition coefficient (Wildman–Crippen LogP) is 3.14. The minimum Gasteiger partial charge on any atom is -0.468 e. The van der Waals surface area contributed by atoms with Gasteiger partial charge in [-0.15, -0.1) is 0 Å². The molecule has 1 N–H and O–H groups in total. The van der Waals surface area contributed by atoms with Crippen LogP contribution < -0.4 is 5.32 Å². The second-order valence-electron chi connectivity index (χ2n) is 3.92. The first-order chi connectivity index (χ1) is 7.88. The van der Waals surface area contributed by atoms with Crippen LogP contribution in [0.15, 0.2) is 22.8 Å². The average Bonchev–Trinajstić information content (AvgIpc) is 2.82. The molecular weight excluding hydrogens is 202 g/mol. The normalized spacial score (nSPS) is 12.9. The van der Waals surface area contributed by atoms with Crippen LogP contribution in [0, 0.1) is 0 Å². The molecule has 0 fully saturated rings. The van der Waals surface area contributed by atoms with Crippen LogP contribution in [0.4, 0.5) is 0 Å². The number of nitrogens with one attached hydrogen (secondary N) is 1. The van der Waals surface area contributed by atoms with E-state index in [4.69, 9.17) is 9.15 Å². The summed E-state index contributed by atoms with van der Waals surface area (Å²) in [6.07, 6.45) is 4.90. The van der Waals surface area contributed by atoms with Gasteiger partial charge in [-0.25, -0.2) is 0 Å². The quantitative estimate of drug-likeness (QED) is 0.656. The topological polar surface area (TPSA) is 34.4 Å². The Morgan fingerprint density at radius 3 is 2.81 bits per heavy atom. The van der Waals surface area contributed by atoms with E-state index in [-0.39, 0.29) is 6.04 Å².